The Labute approximate surface area is 67.1 Å². The second kappa shape index (κ2) is 2.30. The number of nitrogens with one attached hydrogen (secondary N) is 1. The molecule has 0 atom stereocenters. The zero-order chi connectivity index (χ0) is 8.55. The number of carbonyl (C=O) groups is 1. The Kier molecular flexibility index (Phi) is 1.30. The molecule has 0 aliphatic heterocycles. The van der Waals surface area contributed by atoms with Crippen LogP contribution in [0.25, 0.3) is 11.0 Å². The minimum absolute atomic E-state index is 0.0365. The van der Waals surface area contributed by atoms with E-state index in [1.54, 1.807) is 12.1 Å². The van der Waals surface area contributed by atoms with Gasteiger partial charge in [0.2, 0.25) is 0 Å². The molecule has 0 radical (unpaired) electrons. The van der Waals surface area contributed by atoms with E-state index in [1.165, 1.54) is 6.20 Å². The molecule has 2 N–H and O–H groups in total. The summed E-state index contributed by atoms with van der Waals surface area (Å²) in [5.41, 5.74) is 0.991. The summed E-state index contributed by atoms with van der Waals surface area (Å²) in [7, 11) is 0. The van der Waals surface area contributed by atoms with Gasteiger partial charge in [0.1, 0.15) is 5.52 Å². The van der Waals surface area contributed by atoms with Crippen molar-refractivity contribution >= 4 is 17.0 Å². The summed E-state index contributed by atoms with van der Waals surface area (Å²) in [6, 6.07) is 3.44. The van der Waals surface area contributed by atoms with E-state index in [-0.39, 0.29) is 5.69 Å². The molecular weight excluding hydrogens is 158 g/mol. The van der Waals surface area contributed by atoms with Crippen molar-refractivity contribution in [3.8, 4) is 0 Å². The summed E-state index contributed by atoms with van der Waals surface area (Å²) in [6.45, 7) is 0. The Bertz CT molecular complexity index is 435. The van der Waals surface area contributed by atoms with Crippen LogP contribution in [-0.4, -0.2) is 26.3 Å². The van der Waals surface area contributed by atoms with Crippen molar-refractivity contribution in [2.75, 3.05) is 0 Å². The fourth-order valence-corrected chi connectivity index (χ4v) is 1.00. The molecule has 5 heteroatoms. The molecule has 0 aliphatic carbocycles. The monoisotopic (exact) mass is 163 g/mol. The Balaban J connectivity index is 2.79. The van der Waals surface area contributed by atoms with E-state index in [2.05, 4.69) is 15.2 Å². The molecule has 12 heavy (non-hydrogen) atoms. The van der Waals surface area contributed by atoms with Crippen LogP contribution in [0.5, 0.6) is 0 Å². The number of hydrogen-bond donors (Lipinski definition) is 2. The first-order chi connectivity index (χ1) is 5.79. The lowest BCUT2D eigenvalue weighted by Crippen LogP contribution is -1.97. The molecule has 0 aromatic carbocycles. The molecule has 0 spiro atoms. The highest BCUT2D eigenvalue weighted by Gasteiger charge is 2.12. The van der Waals surface area contributed by atoms with Gasteiger partial charge in [0.15, 0.2) is 5.69 Å². The van der Waals surface area contributed by atoms with Crippen LogP contribution in [0.4, 0.5) is 0 Å². The first-order valence-electron chi connectivity index (χ1n) is 3.31. The van der Waals surface area contributed by atoms with E-state index in [9.17, 15) is 4.79 Å². The number of pyridine rings is 1. The minimum Gasteiger partial charge on any atom is -0.476 e. The molecule has 60 valence electrons. The SMILES string of the molecule is O=C(O)c1n[nH]c2cccnc12. The zero-order valence-electron chi connectivity index (χ0n) is 5.98. The van der Waals surface area contributed by atoms with Gasteiger partial charge in [-0.25, -0.2) is 4.79 Å². The summed E-state index contributed by atoms with van der Waals surface area (Å²) < 4.78 is 0. The average molecular weight is 163 g/mol. The number of aromatic carboxylic acids is 1. The average Bonchev–Trinajstić information content (AvgIpc) is 2.47. The minimum atomic E-state index is -1.07. The smallest absolute Gasteiger partial charge is 0.358 e. The van der Waals surface area contributed by atoms with Gasteiger partial charge in [-0.15, -0.1) is 0 Å². The maximum atomic E-state index is 10.6. The van der Waals surface area contributed by atoms with Gasteiger partial charge in [-0.05, 0) is 12.1 Å². The van der Waals surface area contributed by atoms with Crippen molar-refractivity contribution < 1.29 is 9.90 Å². The van der Waals surface area contributed by atoms with Crippen molar-refractivity contribution in [3.05, 3.63) is 24.0 Å². The molecule has 0 bridgehead atoms. The van der Waals surface area contributed by atoms with E-state index < -0.39 is 5.97 Å². The van der Waals surface area contributed by atoms with Gasteiger partial charge in [0, 0.05) is 6.20 Å². The normalized spacial score (nSPS) is 10.3. The number of hydrogen-bond acceptors (Lipinski definition) is 3. The predicted octanol–water partition coefficient (Wildman–Crippen LogP) is 0.656. The van der Waals surface area contributed by atoms with Crippen LogP contribution in [-0.2, 0) is 0 Å². The van der Waals surface area contributed by atoms with Gasteiger partial charge in [0.25, 0.3) is 0 Å². The molecule has 2 aromatic rings. The van der Waals surface area contributed by atoms with Gasteiger partial charge < -0.3 is 5.11 Å². The van der Waals surface area contributed by atoms with Gasteiger partial charge in [-0.3, -0.25) is 10.1 Å². The fourth-order valence-electron chi connectivity index (χ4n) is 1.00. The van der Waals surface area contributed by atoms with E-state index in [4.69, 9.17) is 5.11 Å². The highest BCUT2D eigenvalue weighted by Crippen LogP contribution is 2.10. The Morgan fingerprint density at radius 1 is 1.58 bits per heavy atom. The lowest BCUT2D eigenvalue weighted by Gasteiger charge is -1.86. The molecule has 2 heterocycles. The van der Waals surface area contributed by atoms with Crippen LogP contribution in [0.3, 0.4) is 0 Å². The van der Waals surface area contributed by atoms with Gasteiger partial charge in [0.05, 0.1) is 5.52 Å². The number of fused-ring (bicyclic) bond motifs is 1. The second-order valence-electron chi connectivity index (χ2n) is 2.28. The third kappa shape index (κ3) is 0.833. The second-order valence-corrected chi connectivity index (χ2v) is 2.28. The summed E-state index contributed by atoms with van der Waals surface area (Å²) in [4.78, 5) is 14.4. The lowest BCUT2D eigenvalue weighted by atomic mass is 10.3. The zero-order valence-corrected chi connectivity index (χ0v) is 5.98. The highest BCUT2D eigenvalue weighted by atomic mass is 16.4. The van der Waals surface area contributed by atoms with Crippen molar-refractivity contribution in [3.63, 3.8) is 0 Å². The molecule has 0 fully saturated rings. The number of carboxylic acid groups (broad SMARTS) is 1. The molecule has 0 saturated carbocycles. The third-order valence-corrected chi connectivity index (χ3v) is 1.52. The van der Waals surface area contributed by atoms with Crippen LogP contribution in [0.2, 0.25) is 0 Å². The quantitative estimate of drug-likeness (QED) is 0.647. The fraction of sp³-hybridized carbons (Fsp3) is 0. The number of nitrogens with zero attached hydrogens (tertiary/aromatic N) is 2. The molecule has 2 aromatic heterocycles. The molecule has 0 aliphatic rings. The van der Waals surface area contributed by atoms with Crippen LogP contribution in [0, 0.1) is 0 Å². The number of rotatable bonds is 1. The molecule has 2 rings (SSSR count). The summed E-state index contributed by atoms with van der Waals surface area (Å²) in [5, 5.41) is 14.8. The van der Waals surface area contributed by atoms with Crippen LogP contribution >= 0.6 is 0 Å². The topological polar surface area (TPSA) is 78.9 Å². The summed E-state index contributed by atoms with van der Waals surface area (Å²) >= 11 is 0. The van der Waals surface area contributed by atoms with Crippen LogP contribution in [0.15, 0.2) is 18.3 Å². The van der Waals surface area contributed by atoms with E-state index in [0.29, 0.717) is 11.0 Å². The Hall–Kier alpha value is -1.91. The van der Waals surface area contributed by atoms with Gasteiger partial charge >= 0.3 is 5.97 Å². The lowest BCUT2D eigenvalue weighted by molar-refractivity contribution is 0.0692. The largest absolute Gasteiger partial charge is 0.476 e. The van der Waals surface area contributed by atoms with Crippen LogP contribution < -0.4 is 0 Å². The van der Waals surface area contributed by atoms with E-state index in [1.807, 2.05) is 0 Å². The molecular formula is C7H5N3O2. The molecule has 5 nitrogen and oxygen atoms in total. The van der Waals surface area contributed by atoms with E-state index in [0.717, 1.165) is 0 Å². The molecule has 0 amide bonds. The predicted molar refractivity (Wildman–Crippen MR) is 40.8 cm³/mol. The van der Waals surface area contributed by atoms with Gasteiger partial charge in [-0.2, -0.15) is 5.10 Å². The first kappa shape index (κ1) is 6.78. The summed E-state index contributed by atoms with van der Waals surface area (Å²) in [5.74, 6) is -1.07. The van der Waals surface area contributed by atoms with Gasteiger partial charge in [-0.1, -0.05) is 0 Å². The van der Waals surface area contributed by atoms with Crippen LogP contribution in [0.1, 0.15) is 10.5 Å². The molecule has 0 saturated heterocycles. The third-order valence-electron chi connectivity index (χ3n) is 1.52. The van der Waals surface area contributed by atoms with Crippen molar-refractivity contribution in [1.82, 2.24) is 15.2 Å². The Morgan fingerprint density at radius 2 is 2.42 bits per heavy atom. The number of carboxylic acids is 1. The highest BCUT2D eigenvalue weighted by molar-refractivity contribution is 5.98. The number of aromatic nitrogens is 3. The Morgan fingerprint density at radius 3 is 3.17 bits per heavy atom. The van der Waals surface area contributed by atoms with Crippen molar-refractivity contribution in [2.45, 2.75) is 0 Å². The maximum absolute atomic E-state index is 10.6. The number of H-pyrrole nitrogens is 1. The summed E-state index contributed by atoms with van der Waals surface area (Å²) in [6.07, 6.45) is 1.53. The standard InChI is InChI=1S/C7H5N3O2/c11-7(12)6-5-4(9-10-6)2-1-3-8-5/h1-3H,(H,9,10)(H,11,12). The first-order valence-corrected chi connectivity index (χ1v) is 3.31. The number of aromatic amines is 1. The van der Waals surface area contributed by atoms with Crippen molar-refractivity contribution in [2.24, 2.45) is 0 Å². The van der Waals surface area contributed by atoms with E-state index >= 15 is 0 Å². The molecule has 0 unspecified atom stereocenters. The maximum Gasteiger partial charge on any atom is 0.358 e. The van der Waals surface area contributed by atoms with Crippen molar-refractivity contribution in [1.29, 1.82) is 0 Å².